The molecule has 3 aromatic rings. The molecular weight excluding hydrogens is 609 g/mol. The number of benzene rings is 2. The van der Waals surface area contributed by atoms with Gasteiger partial charge in [0.25, 0.3) is 26.1 Å². The molecule has 0 aliphatic carbocycles. The number of fused-ring (bicyclic) bond motifs is 2. The Labute approximate surface area is 251 Å². The lowest BCUT2D eigenvalue weighted by atomic mass is 9.84. The van der Waals surface area contributed by atoms with E-state index in [1.807, 2.05) is 47.9 Å². The van der Waals surface area contributed by atoms with Gasteiger partial charge < -0.3 is 4.90 Å². The highest BCUT2D eigenvalue weighted by Crippen LogP contribution is 2.47. The SMILES string of the molecule is CCn1c(/C=C/C=C2/N(CCCS(=O)(=O)O)c3ccccc3C2(C)C)[n+](CCCS(=O)(=O)O)c2cc(Cl)c(Cl)cc21. The van der Waals surface area contributed by atoms with Crippen molar-refractivity contribution in [1.29, 1.82) is 0 Å². The fraction of sp³-hybridized carbons (Fsp3) is 0.393. The number of anilines is 1. The quantitative estimate of drug-likeness (QED) is 0.209. The van der Waals surface area contributed by atoms with Crippen molar-refractivity contribution < 1.29 is 30.5 Å². The highest BCUT2D eigenvalue weighted by molar-refractivity contribution is 7.86. The van der Waals surface area contributed by atoms with Gasteiger partial charge in [-0.25, -0.2) is 9.13 Å². The molecule has 0 atom stereocenters. The van der Waals surface area contributed by atoms with Crippen LogP contribution < -0.4 is 9.47 Å². The summed E-state index contributed by atoms with van der Waals surface area (Å²) < 4.78 is 68.1. The number of halogens is 2. The van der Waals surface area contributed by atoms with Crippen LogP contribution in [0.15, 0.2) is 54.2 Å². The van der Waals surface area contributed by atoms with E-state index in [0.717, 1.165) is 33.8 Å². The van der Waals surface area contributed by atoms with Crippen LogP contribution in [-0.4, -0.2) is 48.6 Å². The number of hydrogen-bond acceptors (Lipinski definition) is 5. The van der Waals surface area contributed by atoms with Crippen molar-refractivity contribution in [3.8, 4) is 0 Å². The Balaban J connectivity index is 1.78. The minimum Gasteiger partial charge on any atom is -0.344 e. The molecule has 0 saturated heterocycles. The maximum Gasteiger partial charge on any atom is 0.282 e. The number of allylic oxidation sites excluding steroid dienone is 3. The van der Waals surface area contributed by atoms with Crippen molar-refractivity contribution in [1.82, 2.24) is 4.57 Å². The van der Waals surface area contributed by atoms with Gasteiger partial charge in [0.2, 0.25) is 0 Å². The summed E-state index contributed by atoms with van der Waals surface area (Å²) in [5, 5.41) is 0.778. The van der Waals surface area contributed by atoms with Crippen LogP contribution in [0.25, 0.3) is 17.1 Å². The minimum atomic E-state index is -4.12. The van der Waals surface area contributed by atoms with Crippen molar-refractivity contribution >= 4 is 66.2 Å². The molecule has 13 heteroatoms. The van der Waals surface area contributed by atoms with Gasteiger partial charge >= 0.3 is 0 Å². The third kappa shape index (κ3) is 6.98. The van der Waals surface area contributed by atoms with Gasteiger partial charge in [0, 0.05) is 48.0 Å². The summed E-state index contributed by atoms with van der Waals surface area (Å²) in [6.45, 7) is 7.54. The van der Waals surface area contributed by atoms with Crippen LogP contribution in [0.4, 0.5) is 5.69 Å². The van der Waals surface area contributed by atoms with Crippen LogP contribution in [0, 0.1) is 0 Å². The third-order valence-corrected chi connectivity index (χ3v) is 9.67. The zero-order valence-corrected chi connectivity index (χ0v) is 26.2. The lowest BCUT2D eigenvalue weighted by molar-refractivity contribution is -0.673. The largest absolute Gasteiger partial charge is 0.344 e. The van der Waals surface area contributed by atoms with Gasteiger partial charge in [-0.15, -0.1) is 0 Å². The first-order valence-corrected chi connectivity index (χ1v) is 17.2. The molecule has 222 valence electrons. The summed E-state index contributed by atoms with van der Waals surface area (Å²) in [5.41, 5.74) is 4.31. The van der Waals surface area contributed by atoms with E-state index < -0.39 is 20.2 Å². The Morgan fingerprint density at radius 1 is 0.976 bits per heavy atom. The lowest BCUT2D eigenvalue weighted by Gasteiger charge is -2.27. The topological polar surface area (TPSA) is 121 Å². The fourth-order valence-electron chi connectivity index (χ4n) is 5.52. The average molecular weight is 644 g/mol. The molecule has 9 nitrogen and oxygen atoms in total. The van der Waals surface area contributed by atoms with E-state index in [9.17, 15) is 25.9 Å². The Morgan fingerprint density at radius 3 is 2.27 bits per heavy atom. The maximum atomic E-state index is 11.4. The Hall–Kier alpha value is -2.41. The van der Waals surface area contributed by atoms with E-state index in [-0.39, 0.29) is 29.8 Å². The molecule has 2 aromatic carbocycles. The summed E-state index contributed by atoms with van der Waals surface area (Å²) in [5.74, 6) is 0.0815. The van der Waals surface area contributed by atoms with Crippen molar-refractivity contribution in [2.45, 2.75) is 52.1 Å². The molecule has 1 aromatic heterocycles. The molecule has 0 amide bonds. The standard InChI is InChI=1S/C28H33Cl2N3O6S2/c1-4-31-24-18-21(29)22(30)19-25(24)33(15-9-17-41(37,38)39)27(31)13-7-12-26-28(2,3)20-10-5-6-11-23(20)32(26)14-8-16-40(34,35)36/h5-7,10-13,18-19H,4,8-9,14-17H2,1-3H3,(H-,34,35,36,37,38,39)/p+1. The predicted molar refractivity (Wildman–Crippen MR) is 164 cm³/mol. The van der Waals surface area contributed by atoms with Gasteiger partial charge in [-0.3, -0.25) is 9.11 Å². The van der Waals surface area contributed by atoms with E-state index in [0.29, 0.717) is 29.7 Å². The molecule has 4 rings (SSSR count). The third-order valence-electron chi connectivity index (χ3n) is 7.34. The van der Waals surface area contributed by atoms with Crippen LogP contribution in [0.1, 0.15) is 45.0 Å². The van der Waals surface area contributed by atoms with Crippen LogP contribution in [0.3, 0.4) is 0 Å². The van der Waals surface area contributed by atoms with Crippen molar-refractivity contribution in [2.75, 3.05) is 23.0 Å². The summed E-state index contributed by atoms with van der Waals surface area (Å²) in [6.07, 6.45) is 6.29. The van der Waals surface area contributed by atoms with Gasteiger partial charge in [-0.05, 0) is 31.1 Å². The molecule has 0 radical (unpaired) electrons. The zero-order valence-electron chi connectivity index (χ0n) is 23.1. The van der Waals surface area contributed by atoms with Gasteiger partial charge in [0.15, 0.2) is 11.0 Å². The Kier molecular flexibility index (Phi) is 9.28. The summed E-state index contributed by atoms with van der Waals surface area (Å²) >= 11 is 12.7. The summed E-state index contributed by atoms with van der Waals surface area (Å²) in [4.78, 5) is 2.08. The molecule has 0 saturated carbocycles. The number of hydrogen-bond donors (Lipinski definition) is 2. The number of para-hydroxylation sites is 1. The van der Waals surface area contributed by atoms with E-state index in [4.69, 9.17) is 23.2 Å². The van der Waals surface area contributed by atoms with Crippen LogP contribution >= 0.6 is 23.2 Å². The molecule has 1 aliphatic heterocycles. The minimum absolute atomic E-state index is 0.193. The molecule has 1 aliphatic rings. The van der Waals surface area contributed by atoms with Crippen LogP contribution in [0.5, 0.6) is 0 Å². The summed E-state index contributed by atoms with van der Waals surface area (Å²) in [6, 6.07) is 11.5. The Morgan fingerprint density at radius 2 is 1.61 bits per heavy atom. The number of nitrogens with zero attached hydrogens (tertiary/aromatic N) is 3. The van der Waals surface area contributed by atoms with E-state index in [1.165, 1.54) is 0 Å². The number of imidazole rings is 1. The lowest BCUT2D eigenvalue weighted by Crippen LogP contribution is -2.37. The highest BCUT2D eigenvalue weighted by Gasteiger charge is 2.39. The monoisotopic (exact) mass is 642 g/mol. The average Bonchev–Trinajstić information content (AvgIpc) is 3.26. The summed E-state index contributed by atoms with van der Waals surface area (Å²) in [7, 11) is -8.20. The van der Waals surface area contributed by atoms with Gasteiger partial charge in [-0.2, -0.15) is 16.8 Å². The fourth-order valence-corrected chi connectivity index (χ4v) is 6.82. The second kappa shape index (κ2) is 12.1. The van der Waals surface area contributed by atoms with E-state index in [2.05, 4.69) is 29.4 Å². The van der Waals surface area contributed by atoms with Gasteiger partial charge in [-0.1, -0.05) is 61.3 Å². The normalized spacial score (nSPS) is 16.4. The predicted octanol–water partition coefficient (Wildman–Crippen LogP) is 5.51. The zero-order chi connectivity index (χ0) is 30.2. The molecule has 0 spiro atoms. The van der Waals surface area contributed by atoms with Crippen LogP contribution in [-0.2, 0) is 38.7 Å². The van der Waals surface area contributed by atoms with Gasteiger partial charge in [0.1, 0.15) is 0 Å². The second-order valence-electron chi connectivity index (χ2n) is 10.5. The smallest absolute Gasteiger partial charge is 0.282 e. The molecule has 0 unspecified atom stereocenters. The first-order valence-electron chi connectivity index (χ1n) is 13.2. The van der Waals surface area contributed by atoms with Crippen molar-refractivity contribution in [3.05, 3.63) is 75.7 Å². The van der Waals surface area contributed by atoms with Crippen LogP contribution in [0.2, 0.25) is 10.0 Å². The highest BCUT2D eigenvalue weighted by atomic mass is 35.5. The van der Waals surface area contributed by atoms with E-state index in [1.54, 1.807) is 12.1 Å². The first-order chi connectivity index (χ1) is 19.1. The number of aryl methyl sites for hydroxylation is 2. The molecule has 0 fully saturated rings. The molecule has 41 heavy (non-hydrogen) atoms. The Bertz CT molecular complexity index is 1750. The molecule has 0 bridgehead atoms. The molecular formula is C28H34Cl2N3O6S2+. The second-order valence-corrected chi connectivity index (χ2v) is 14.5. The van der Waals surface area contributed by atoms with E-state index >= 15 is 0 Å². The number of aromatic nitrogens is 2. The number of rotatable bonds is 11. The van der Waals surface area contributed by atoms with Crippen molar-refractivity contribution in [2.24, 2.45) is 0 Å². The van der Waals surface area contributed by atoms with Crippen molar-refractivity contribution in [3.63, 3.8) is 0 Å². The maximum absolute atomic E-state index is 11.4. The molecule has 2 heterocycles. The molecule has 2 N–H and O–H groups in total. The first kappa shape index (κ1) is 31.5. The van der Waals surface area contributed by atoms with Gasteiger partial charge in [0.05, 0.1) is 34.6 Å².